The molecule has 1 aromatic heterocycles. The Hall–Kier alpha value is -3.46. The summed E-state index contributed by atoms with van der Waals surface area (Å²) in [4.78, 5) is 4.61. The third-order valence-electron chi connectivity index (χ3n) is 6.65. The van der Waals surface area contributed by atoms with Crippen molar-refractivity contribution in [1.29, 1.82) is 0 Å². The molecule has 35 heavy (non-hydrogen) atoms. The second-order valence-electron chi connectivity index (χ2n) is 9.11. The maximum absolute atomic E-state index is 6.18. The molecule has 2 atom stereocenters. The monoisotopic (exact) mass is 476 g/mol. The summed E-state index contributed by atoms with van der Waals surface area (Å²) in [6.07, 6.45) is 7.42. The normalized spacial score (nSPS) is 13.4. The maximum Gasteiger partial charge on any atom is 0.0702 e. The number of nitrogens with zero attached hydrogens (tertiary/aromatic N) is 1. The minimum absolute atomic E-state index is 0.267. The second kappa shape index (κ2) is 10.9. The molecule has 0 fully saturated rings. The Labute approximate surface area is 212 Å². The molecule has 0 saturated heterocycles. The molecule has 5 aromatic rings. The summed E-state index contributed by atoms with van der Waals surface area (Å²) < 4.78 is 0. The highest BCUT2D eigenvalue weighted by Crippen LogP contribution is 2.27. The van der Waals surface area contributed by atoms with Crippen LogP contribution in [-0.2, 0) is 6.54 Å². The molecule has 1 N–H and O–H groups in total. The lowest BCUT2D eigenvalue weighted by Gasteiger charge is -2.25. The zero-order valence-electron chi connectivity index (χ0n) is 19.9. The Kier molecular flexibility index (Phi) is 7.23. The second-order valence-corrected chi connectivity index (χ2v) is 9.54. The van der Waals surface area contributed by atoms with Crippen LogP contribution >= 0.6 is 11.6 Å². The summed E-state index contributed by atoms with van der Waals surface area (Å²) in [6, 6.07) is 34.1. The molecule has 5 rings (SSSR count). The van der Waals surface area contributed by atoms with Crippen LogP contribution in [0.5, 0.6) is 0 Å². The Morgan fingerprint density at radius 3 is 2.40 bits per heavy atom. The van der Waals surface area contributed by atoms with E-state index in [-0.39, 0.29) is 6.04 Å². The van der Waals surface area contributed by atoms with Crippen molar-refractivity contribution >= 4 is 39.4 Å². The predicted octanol–water partition coefficient (Wildman–Crippen LogP) is 8.41. The molecule has 2 nitrogen and oxygen atoms in total. The first-order valence-corrected chi connectivity index (χ1v) is 12.5. The van der Waals surface area contributed by atoms with E-state index in [2.05, 4.69) is 102 Å². The van der Waals surface area contributed by atoms with Gasteiger partial charge in [0.05, 0.1) is 5.52 Å². The smallest absolute Gasteiger partial charge is 0.0702 e. The van der Waals surface area contributed by atoms with E-state index in [1.165, 1.54) is 32.8 Å². The van der Waals surface area contributed by atoms with Gasteiger partial charge in [-0.2, -0.15) is 0 Å². The van der Waals surface area contributed by atoms with Crippen LogP contribution in [0.3, 0.4) is 0 Å². The maximum atomic E-state index is 6.18. The molecule has 1 heterocycles. The fourth-order valence-corrected chi connectivity index (χ4v) is 4.76. The molecule has 0 aliphatic rings. The number of hydrogen-bond donors (Lipinski definition) is 1. The first kappa shape index (κ1) is 23.3. The van der Waals surface area contributed by atoms with Gasteiger partial charge in [-0.1, -0.05) is 90.5 Å². The summed E-state index contributed by atoms with van der Waals surface area (Å²) in [5.41, 5.74) is 4.73. The van der Waals surface area contributed by atoms with Crippen molar-refractivity contribution in [2.24, 2.45) is 0 Å². The molecule has 0 aliphatic heterocycles. The number of rotatable bonds is 8. The average molecular weight is 477 g/mol. The quantitative estimate of drug-likeness (QED) is 0.243. The van der Waals surface area contributed by atoms with E-state index in [1.807, 2.05) is 30.5 Å². The number of benzene rings is 4. The van der Waals surface area contributed by atoms with Gasteiger partial charge in [-0.25, -0.2) is 0 Å². The molecule has 4 aromatic carbocycles. The molecule has 2 unspecified atom stereocenters. The van der Waals surface area contributed by atoms with Crippen LogP contribution in [-0.4, -0.2) is 11.0 Å². The molecule has 0 aliphatic carbocycles. The lowest BCUT2D eigenvalue weighted by Crippen LogP contribution is -2.31. The van der Waals surface area contributed by atoms with Gasteiger partial charge in [0, 0.05) is 35.1 Å². The fourth-order valence-electron chi connectivity index (χ4n) is 4.64. The van der Waals surface area contributed by atoms with E-state index in [0.29, 0.717) is 5.92 Å². The summed E-state index contributed by atoms with van der Waals surface area (Å²) in [5, 5.41) is 8.22. The summed E-state index contributed by atoms with van der Waals surface area (Å²) >= 11 is 6.18. The van der Waals surface area contributed by atoms with Gasteiger partial charge in [-0.3, -0.25) is 4.98 Å². The fraction of sp³-hybridized carbons (Fsp3) is 0.156. The van der Waals surface area contributed by atoms with Crippen molar-refractivity contribution in [3.8, 4) is 0 Å². The molecule has 0 amide bonds. The van der Waals surface area contributed by atoms with Crippen LogP contribution in [0.15, 0.2) is 109 Å². The zero-order chi connectivity index (χ0) is 24.0. The van der Waals surface area contributed by atoms with Gasteiger partial charge in [0.2, 0.25) is 0 Å². The largest absolute Gasteiger partial charge is 0.310 e. The molecule has 0 saturated carbocycles. The number of nitrogens with one attached hydrogen (secondary N) is 1. The van der Waals surface area contributed by atoms with Crippen molar-refractivity contribution in [2.45, 2.75) is 31.8 Å². The summed E-state index contributed by atoms with van der Waals surface area (Å²) in [6.45, 7) is 3.04. The average Bonchev–Trinajstić information content (AvgIpc) is 2.90. The van der Waals surface area contributed by atoms with E-state index in [9.17, 15) is 0 Å². The highest BCUT2D eigenvalue weighted by atomic mass is 35.5. The van der Waals surface area contributed by atoms with Crippen LogP contribution in [0.2, 0.25) is 5.02 Å². The minimum Gasteiger partial charge on any atom is -0.310 e. The van der Waals surface area contributed by atoms with Crippen LogP contribution in [0.25, 0.3) is 27.8 Å². The Balaban J connectivity index is 1.31. The lowest BCUT2D eigenvalue weighted by atomic mass is 9.89. The number of halogens is 1. The molecule has 174 valence electrons. The molecule has 3 heteroatoms. The number of para-hydroxylation sites is 1. The summed E-state index contributed by atoms with van der Waals surface area (Å²) in [7, 11) is 0. The zero-order valence-corrected chi connectivity index (χ0v) is 20.6. The van der Waals surface area contributed by atoms with Gasteiger partial charge in [0.1, 0.15) is 0 Å². The van der Waals surface area contributed by atoms with E-state index in [1.54, 1.807) is 0 Å². The van der Waals surface area contributed by atoms with E-state index in [0.717, 1.165) is 23.5 Å². The van der Waals surface area contributed by atoms with Crippen molar-refractivity contribution in [1.82, 2.24) is 10.3 Å². The number of allylic oxidation sites excluding steroid dienone is 1. The Bertz CT molecular complexity index is 1460. The number of fused-ring (bicyclic) bond motifs is 2. The molecule has 0 spiro atoms. The third kappa shape index (κ3) is 5.79. The Morgan fingerprint density at radius 2 is 1.57 bits per heavy atom. The molecule has 0 bridgehead atoms. The highest BCUT2D eigenvalue weighted by molar-refractivity contribution is 6.30. The standard InChI is InChI=1S/C32H29ClN2/c1-23(34-21-25-20-29-10-4-5-12-32(29)35-22-25)31(27-15-17-30(33)18-16-27)11-6-7-24-13-14-26-8-2-3-9-28(26)19-24/h2-10,12-20,22-23,31,34H,11,21H2,1H3. The van der Waals surface area contributed by atoms with Crippen molar-refractivity contribution in [3.05, 3.63) is 131 Å². The van der Waals surface area contributed by atoms with Gasteiger partial charge >= 0.3 is 0 Å². The van der Waals surface area contributed by atoms with Crippen LogP contribution in [0, 0.1) is 0 Å². The Morgan fingerprint density at radius 1 is 0.829 bits per heavy atom. The highest BCUT2D eigenvalue weighted by Gasteiger charge is 2.18. The predicted molar refractivity (Wildman–Crippen MR) is 150 cm³/mol. The number of aromatic nitrogens is 1. The van der Waals surface area contributed by atoms with Crippen molar-refractivity contribution < 1.29 is 0 Å². The minimum atomic E-state index is 0.267. The molecular formula is C32H29ClN2. The van der Waals surface area contributed by atoms with E-state index in [4.69, 9.17) is 11.6 Å². The van der Waals surface area contributed by atoms with Gasteiger partial charge in [-0.15, -0.1) is 0 Å². The first-order valence-electron chi connectivity index (χ1n) is 12.1. The first-order chi connectivity index (χ1) is 17.2. The van der Waals surface area contributed by atoms with Gasteiger partial charge in [-0.05, 0) is 71.1 Å². The molecule has 0 radical (unpaired) electrons. The summed E-state index contributed by atoms with van der Waals surface area (Å²) in [5.74, 6) is 0.317. The van der Waals surface area contributed by atoms with Gasteiger partial charge < -0.3 is 5.32 Å². The van der Waals surface area contributed by atoms with Crippen molar-refractivity contribution in [2.75, 3.05) is 0 Å². The van der Waals surface area contributed by atoms with E-state index >= 15 is 0 Å². The number of hydrogen-bond acceptors (Lipinski definition) is 2. The lowest BCUT2D eigenvalue weighted by molar-refractivity contribution is 0.460. The number of pyridine rings is 1. The van der Waals surface area contributed by atoms with Crippen LogP contribution < -0.4 is 5.32 Å². The van der Waals surface area contributed by atoms with Gasteiger partial charge in [0.15, 0.2) is 0 Å². The third-order valence-corrected chi connectivity index (χ3v) is 6.90. The topological polar surface area (TPSA) is 24.9 Å². The SMILES string of the molecule is CC(NCc1cnc2ccccc2c1)C(CC=Cc1ccc2ccccc2c1)c1ccc(Cl)cc1. The van der Waals surface area contributed by atoms with Crippen LogP contribution in [0.4, 0.5) is 0 Å². The molecular weight excluding hydrogens is 448 g/mol. The van der Waals surface area contributed by atoms with Gasteiger partial charge in [0.25, 0.3) is 0 Å². The van der Waals surface area contributed by atoms with Crippen molar-refractivity contribution in [3.63, 3.8) is 0 Å². The van der Waals surface area contributed by atoms with E-state index < -0.39 is 0 Å². The van der Waals surface area contributed by atoms with Crippen LogP contribution in [0.1, 0.15) is 36.0 Å².